The van der Waals surface area contributed by atoms with Crippen molar-refractivity contribution in [2.45, 2.75) is 13.8 Å². The third kappa shape index (κ3) is 4.09. The normalized spacial score (nSPS) is 11.6. The summed E-state index contributed by atoms with van der Waals surface area (Å²) in [5, 5.41) is 3.70. The van der Waals surface area contributed by atoms with Crippen LogP contribution in [0.2, 0.25) is 0 Å². The molecule has 1 amide bonds. The van der Waals surface area contributed by atoms with Gasteiger partial charge >= 0.3 is 0 Å². The molecule has 0 aliphatic carbocycles. The highest BCUT2D eigenvalue weighted by atomic mass is 19.1. The van der Waals surface area contributed by atoms with Gasteiger partial charge in [0.1, 0.15) is 17.0 Å². The molecule has 4 nitrogen and oxygen atoms in total. The monoisotopic (exact) mass is 386 g/mol. The maximum absolute atomic E-state index is 13.6. The Balaban J connectivity index is 1.84. The van der Waals surface area contributed by atoms with E-state index >= 15 is 0 Å². The Hall–Kier alpha value is -3.73. The molecular weight excluding hydrogens is 367 g/mol. The van der Waals surface area contributed by atoms with Gasteiger partial charge in [-0.3, -0.25) is 4.79 Å². The van der Waals surface area contributed by atoms with Gasteiger partial charge in [-0.05, 0) is 55.8 Å². The van der Waals surface area contributed by atoms with Gasteiger partial charge in [-0.15, -0.1) is 0 Å². The summed E-state index contributed by atoms with van der Waals surface area (Å²) in [6, 6.07) is 20.7. The summed E-state index contributed by atoms with van der Waals surface area (Å²) in [6.07, 6.45) is 0. The number of halogens is 1. The van der Waals surface area contributed by atoms with Crippen LogP contribution in [0.1, 0.15) is 21.5 Å². The van der Waals surface area contributed by atoms with E-state index in [9.17, 15) is 9.18 Å². The third-order valence-corrected chi connectivity index (χ3v) is 4.57. The van der Waals surface area contributed by atoms with Crippen LogP contribution in [0.25, 0.3) is 11.0 Å². The molecular formula is C24H19FN2O2. The van der Waals surface area contributed by atoms with Crippen LogP contribution in [0.5, 0.6) is 0 Å². The Morgan fingerprint density at radius 1 is 0.966 bits per heavy atom. The average molecular weight is 386 g/mol. The van der Waals surface area contributed by atoms with Crippen molar-refractivity contribution in [1.82, 2.24) is 0 Å². The van der Waals surface area contributed by atoms with Gasteiger partial charge < -0.3 is 9.73 Å². The van der Waals surface area contributed by atoms with Crippen LogP contribution in [0.3, 0.4) is 0 Å². The molecule has 5 heteroatoms. The molecule has 0 aliphatic heterocycles. The van der Waals surface area contributed by atoms with Gasteiger partial charge in [-0.25, -0.2) is 9.38 Å². The largest absolute Gasteiger partial charge is 0.438 e. The van der Waals surface area contributed by atoms with Crippen LogP contribution >= 0.6 is 0 Å². The number of carbonyl (C=O) groups excluding carboxylic acids is 1. The lowest BCUT2D eigenvalue weighted by atomic mass is 10.1. The quantitative estimate of drug-likeness (QED) is 0.493. The maximum Gasteiger partial charge on any atom is 0.261 e. The van der Waals surface area contributed by atoms with Gasteiger partial charge in [0.15, 0.2) is 0 Å². The van der Waals surface area contributed by atoms with Gasteiger partial charge in [0, 0.05) is 11.1 Å². The molecule has 1 aromatic heterocycles. The summed E-state index contributed by atoms with van der Waals surface area (Å²) in [5.41, 5.74) is 4.13. The number of fused-ring (bicyclic) bond motifs is 1. The van der Waals surface area contributed by atoms with Crippen molar-refractivity contribution in [1.29, 1.82) is 0 Å². The molecule has 4 aromatic rings. The van der Waals surface area contributed by atoms with Crippen molar-refractivity contribution in [2.24, 2.45) is 4.99 Å². The Morgan fingerprint density at radius 2 is 1.79 bits per heavy atom. The van der Waals surface area contributed by atoms with Crippen molar-refractivity contribution in [3.05, 3.63) is 101 Å². The smallest absolute Gasteiger partial charge is 0.261 e. The molecule has 1 N–H and O–H groups in total. The summed E-state index contributed by atoms with van der Waals surface area (Å²) in [4.78, 5) is 17.5. The van der Waals surface area contributed by atoms with Crippen LogP contribution < -0.4 is 10.9 Å². The van der Waals surface area contributed by atoms with Gasteiger partial charge in [-0.2, -0.15) is 0 Å². The van der Waals surface area contributed by atoms with E-state index in [4.69, 9.17) is 4.42 Å². The highest BCUT2D eigenvalue weighted by Gasteiger charge is 2.14. The Morgan fingerprint density at radius 3 is 2.59 bits per heavy atom. The standard InChI is InChI=1S/C24H19FN2O2/c1-15-10-11-21(16(2)12-15)27-23(28)20-13-17-6-3-4-9-22(17)29-24(20)26-19-8-5-7-18(25)14-19/h3-14H,1-2H3,(H,27,28). The lowest BCUT2D eigenvalue weighted by Crippen LogP contribution is -2.22. The fourth-order valence-electron chi connectivity index (χ4n) is 3.12. The van der Waals surface area contributed by atoms with Crippen LogP contribution in [0.4, 0.5) is 15.8 Å². The van der Waals surface area contributed by atoms with E-state index in [0.717, 1.165) is 16.5 Å². The van der Waals surface area contributed by atoms with Crippen LogP contribution in [-0.4, -0.2) is 5.91 Å². The Bertz CT molecular complexity index is 1290. The van der Waals surface area contributed by atoms with Gasteiger partial charge in [0.05, 0.1) is 5.69 Å². The molecule has 0 aliphatic rings. The van der Waals surface area contributed by atoms with Crippen LogP contribution in [0, 0.1) is 19.7 Å². The third-order valence-electron chi connectivity index (χ3n) is 4.57. The fraction of sp³-hybridized carbons (Fsp3) is 0.0833. The fourth-order valence-corrected chi connectivity index (χ4v) is 3.12. The second-order valence-electron chi connectivity index (χ2n) is 6.87. The lowest BCUT2D eigenvalue weighted by molar-refractivity contribution is 0.102. The van der Waals surface area contributed by atoms with Gasteiger partial charge in [0.2, 0.25) is 5.55 Å². The van der Waals surface area contributed by atoms with Crippen molar-refractivity contribution >= 4 is 28.3 Å². The van der Waals surface area contributed by atoms with E-state index in [1.54, 1.807) is 24.3 Å². The number of para-hydroxylation sites is 1. The zero-order valence-electron chi connectivity index (χ0n) is 16.1. The second kappa shape index (κ2) is 7.72. The van der Waals surface area contributed by atoms with E-state index in [-0.39, 0.29) is 17.0 Å². The number of anilines is 1. The molecule has 3 aromatic carbocycles. The van der Waals surface area contributed by atoms with E-state index < -0.39 is 5.82 Å². The minimum Gasteiger partial charge on any atom is -0.438 e. The number of hydrogen-bond acceptors (Lipinski definition) is 3. The van der Waals surface area contributed by atoms with E-state index in [1.807, 2.05) is 50.2 Å². The first-order chi connectivity index (χ1) is 14.0. The first kappa shape index (κ1) is 18.6. The number of benzene rings is 3. The second-order valence-corrected chi connectivity index (χ2v) is 6.87. The van der Waals surface area contributed by atoms with E-state index in [1.165, 1.54) is 12.1 Å². The van der Waals surface area contributed by atoms with Gasteiger partial charge in [-0.1, -0.05) is 42.0 Å². The number of nitrogens with zero attached hydrogens (tertiary/aromatic N) is 1. The minimum absolute atomic E-state index is 0.122. The van der Waals surface area contributed by atoms with Crippen molar-refractivity contribution < 1.29 is 13.6 Å². The number of amides is 1. The SMILES string of the molecule is Cc1ccc(NC(=O)c2cc3ccccc3oc2=Nc2cccc(F)c2)c(C)c1. The topological polar surface area (TPSA) is 54.6 Å². The molecule has 0 bridgehead atoms. The number of nitrogens with one attached hydrogen (secondary N) is 1. The molecule has 0 unspecified atom stereocenters. The number of carbonyl (C=O) groups is 1. The van der Waals surface area contributed by atoms with Crippen molar-refractivity contribution in [3.63, 3.8) is 0 Å². The van der Waals surface area contributed by atoms with Crippen LogP contribution in [-0.2, 0) is 0 Å². The van der Waals surface area contributed by atoms with Crippen LogP contribution in [0.15, 0.2) is 82.2 Å². The highest BCUT2D eigenvalue weighted by molar-refractivity contribution is 6.05. The summed E-state index contributed by atoms with van der Waals surface area (Å²) < 4.78 is 19.5. The molecule has 0 atom stereocenters. The molecule has 0 fully saturated rings. The van der Waals surface area contributed by atoms with Gasteiger partial charge in [0.25, 0.3) is 5.91 Å². The summed E-state index contributed by atoms with van der Waals surface area (Å²) >= 11 is 0. The number of rotatable bonds is 3. The van der Waals surface area contributed by atoms with E-state index in [0.29, 0.717) is 17.0 Å². The lowest BCUT2D eigenvalue weighted by Gasteiger charge is -2.10. The Labute approximate surface area is 167 Å². The predicted molar refractivity (Wildman–Crippen MR) is 112 cm³/mol. The highest BCUT2D eigenvalue weighted by Crippen LogP contribution is 2.19. The summed E-state index contributed by atoms with van der Waals surface area (Å²) in [5.74, 6) is -0.755. The van der Waals surface area contributed by atoms with Crippen molar-refractivity contribution in [3.8, 4) is 0 Å². The Kier molecular flexibility index (Phi) is 4.96. The maximum atomic E-state index is 13.6. The first-order valence-corrected chi connectivity index (χ1v) is 9.21. The molecule has 0 radical (unpaired) electrons. The average Bonchev–Trinajstić information content (AvgIpc) is 2.69. The molecule has 1 heterocycles. The predicted octanol–water partition coefficient (Wildman–Crippen LogP) is 5.67. The summed E-state index contributed by atoms with van der Waals surface area (Å²) in [6.45, 7) is 3.93. The molecule has 0 spiro atoms. The van der Waals surface area contributed by atoms with E-state index in [2.05, 4.69) is 10.3 Å². The van der Waals surface area contributed by atoms with Crippen molar-refractivity contribution in [2.75, 3.05) is 5.32 Å². The molecule has 29 heavy (non-hydrogen) atoms. The summed E-state index contributed by atoms with van der Waals surface area (Å²) in [7, 11) is 0. The molecule has 0 saturated carbocycles. The molecule has 144 valence electrons. The minimum atomic E-state index is -0.409. The molecule has 4 rings (SSSR count). The number of aryl methyl sites for hydroxylation is 2. The molecule has 0 saturated heterocycles. The number of hydrogen-bond donors (Lipinski definition) is 1. The first-order valence-electron chi connectivity index (χ1n) is 9.21. The zero-order valence-corrected chi connectivity index (χ0v) is 16.1. The zero-order chi connectivity index (χ0) is 20.4.